The average molecular weight is 377 g/mol. The van der Waals surface area contributed by atoms with E-state index < -0.39 is 10.0 Å². The van der Waals surface area contributed by atoms with E-state index in [-0.39, 0.29) is 18.2 Å². The number of hydrogen-bond donors (Lipinski definition) is 3. The lowest BCUT2D eigenvalue weighted by Crippen LogP contribution is -2.24. The molecule has 0 saturated carbocycles. The highest BCUT2D eigenvalue weighted by Gasteiger charge is 2.08. The summed E-state index contributed by atoms with van der Waals surface area (Å²) in [4.78, 5) is 12.3. The van der Waals surface area contributed by atoms with Crippen molar-refractivity contribution in [3.63, 3.8) is 0 Å². The van der Waals surface area contributed by atoms with Crippen LogP contribution in [-0.4, -0.2) is 33.2 Å². The van der Waals surface area contributed by atoms with Crippen molar-refractivity contribution in [3.8, 4) is 5.75 Å². The Morgan fingerprint density at radius 1 is 1.08 bits per heavy atom. The van der Waals surface area contributed by atoms with E-state index in [4.69, 9.17) is 10.5 Å². The van der Waals surface area contributed by atoms with Crippen molar-refractivity contribution in [2.24, 2.45) is 5.73 Å². The molecule has 0 aliphatic rings. The molecular weight excluding hydrogens is 354 g/mol. The molecule has 26 heavy (non-hydrogen) atoms. The lowest BCUT2D eigenvalue weighted by Gasteiger charge is -2.09. The Kier molecular flexibility index (Phi) is 7.14. The van der Waals surface area contributed by atoms with Crippen LogP contribution in [0, 0.1) is 0 Å². The minimum Gasteiger partial charge on any atom is -0.492 e. The molecule has 0 saturated heterocycles. The molecule has 7 nitrogen and oxygen atoms in total. The number of amides is 1. The fourth-order valence-corrected chi connectivity index (χ4v) is 2.67. The van der Waals surface area contributed by atoms with Crippen LogP contribution in [0.5, 0.6) is 5.75 Å². The van der Waals surface area contributed by atoms with Gasteiger partial charge in [0.1, 0.15) is 12.4 Å². The predicted molar refractivity (Wildman–Crippen MR) is 102 cm³/mol. The van der Waals surface area contributed by atoms with Gasteiger partial charge in [-0.25, -0.2) is 13.1 Å². The molecule has 2 rings (SSSR count). The van der Waals surface area contributed by atoms with E-state index in [2.05, 4.69) is 10.0 Å². The lowest BCUT2D eigenvalue weighted by molar-refractivity contribution is 0.102. The van der Waals surface area contributed by atoms with Crippen LogP contribution < -0.4 is 20.5 Å². The Balaban J connectivity index is 1.93. The zero-order valence-electron chi connectivity index (χ0n) is 14.6. The first-order valence-electron chi connectivity index (χ1n) is 8.24. The largest absolute Gasteiger partial charge is 0.492 e. The van der Waals surface area contributed by atoms with E-state index in [1.807, 2.05) is 0 Å². The van der Waals surface area contributed by atoms with Crippen molar-refractivity contribution in [3.05, 3.63) is 59.7 Å². The van der Waals surface area contributed by atoms with Crippen molar-refractivity contribution in [2.75, 3.05) is 24.2 Å². The Morgan fingerprint density at radius 3 is 2.31 bits per heavy atom. The van der Waals surface area contributed by atoms with E-state index in [0.29, 0.717) is 30.2 Å². The van der Waals surface area contributed by atoms with Crippen LogP contribution in [0.4, 0.5) is 5.69 Å². The highest BCUT2D eigenvalue weighted by molar-refractivity contribution is 7.89. The summed E-state index contributed by atoms with van der Waals surface area (Å²) in [5.74, 6) is 0.470. The summed E-state index contributed by atoms with van der Waals surface area (Å²) in [6.45, 7) is 2.65. The highest BCUT2D eigenvalue weighted by atomic mass is 32.2. The molecule has 140 valence electrons. The minimum atomic E-state index is -3.24. The van der Waals surface area contributed by atoms with E-state index in [9.17, 15) is 13.2 Å². The van der Waals surface area contributed by atoms with Crippen LogP contribution in [-0.2, 0) is 16.6 Å². The minimum absolute atomic E-state index is 0.0313. The van der Waals surface area contributed by atoms with Crippen molar-refractivity contribution in [1.82, 2.24) is 4.72 Å². The summed E-state index contributed by atoms with van der Waals surface area (Å²) in [7, 11) is -3.24. The Hall–Kier alpha value is -2.42. The van der Waals surface area contributed by atoms with Crippen molar-refractivity contribution in [1.29, 1.82) is 0 Å². The molecule has 0 radical (unpaired) electrons. The summed E-state index contributed by atoms with van der Waals surface area (Å²) in [5.41, 5.74) is 7.29. The average Bonchev–Trinajstić information content (AvgIpc) is 2.66. The number of sulfonamides is 1. The molecule has 0 fully saturated rings. The molecule has 0 aromatic heterocycles. The van der Waals surface area contributed by atoms with Gasteiger partial charge in [0, 0.05) is 24.3 Å². The standard InChI is InChI=1S/C18H23N3O4S/c1-2-26(23,24)20-13-14-3-5-15(6-4-14)18(22)21-16-7-9-17(10-8-16)25-12-11-19/h3-10,20H,2,11-13,19H2,1H3,(H,21,22). The fraction of sp³-hybridized carbons (Fsp3) is 0.278. The predicted octanol–water partition coefficient (Wildman–Crippen LogP) is 1.72. The molecule has 0 spiro atoms. The molecule has 1 amide bonds. The van der Waals surface area contributed by atoms with E-state index in [0.717, 1.165) is 5.56 Å². The van der Waals surface area contributed by atoms with Crippen molar-refractivity contribution >= 4 is 21.6 Å². The number of ether oxygens (including phenoxy) is 1. The van der Waals surface area contributed by atoms with Gasteiger partial charge in [0.15, 0.2) is 0 Å². The molecule has 0 heterocycles. The first kappa shape index (κ1) is 19.9. The second kappa shape index (κ2) is 9.33. The second-order valence-electron chi connectivity index (χ2n) is 5.54. The van der Waals surface area contributed by atoms with Crippen LogP contribution >= 0.6 is 0 Å². The number of rotatable bonds is 9. The Labute approximate surface area is 153 Å². The number of nitrogens with one attached hydrogen (secondary N) is 2. The number of nitrogens with two attached hydrogens (primary N) is 1. The number of carbonyl (C=O) groups is 1. The number of benzene rings is 2. The number of hydrogen-bond acceptors (Lipinski definition) is 5. The molecular formula is C18H23N3O4S. The summed E-state index contributed by atoms with van der Waals surface area (Å²) in [5, 5.41) is 2.80. The molecule has 0 bridgehead atoms. The summed E-state index contributed by atoms with van der Waals surface area (Å²) < 4.78 is 30.8. The van der Waals surface area contributed by atoms with Gasteiger partial charge in [0.2, 0.25) is 10.0 Å². The molecule has 2 aromatic carbocycles. The van der Waals surface area contributed by atoms with Gasteiger partial charge in [0.25, 0.3) is 5.91 Å². The third-order valence-electron chi connectivity index (χ3n) is 3.59. The monoisotopic (exact) mass is 377 g/mol. The van der Waals surface area contributed by atoms with Gasteiger partial charge >= 0.3 is 0 Å². The summed E-state index contributed by atoms with van der Waals surface area (Å²) >= 11 is 0. The molecule has 2 aromatic rings. The molecule has 0 aliphatic heterocycles. The first-order valence-corrected chi connectivity index (χ1v) is 9.89. The van der Waals surface area contributed by atoms with Crippen molar-refractivity contribution < 1.29 is 17.9 Å². The quantitative estimate of drug-likeness (QED) is 0.616. The third kappa shape index (κ3) is 6.14. The smallest absolute Gasteiger partial charge is 0.255 e. The number of carbonyl (C=O) groups excluding carboxylic acids is 1. The number of anilines is 1. The van der Waals surface area contributed by atoms with E-state index >= 15 is 0 Å². The van der Waals surface area contributed by atoms with Crippen LogP contribution in [0.1, 0.15) is 22.8 Å². The van der Waals surface area contributed by atoms with Gasteiger partial charge in [-0.1, -0.05) is 12.1 Å². The highest BCUT2D eigenvalue weighted by Crippen LogP contribution is 2.16. The summed E-state index contributed by atoms with van der Waals surface area (Å²) in [6, 6.07) is 13.8. The maximum Gasteiger partial charge on any atom is 0.255 e. The van der Waals surface area contributed by atoms with Gasteiger partial charge in [-0.3, -0.25) is 4.79 Å². The molecule has 0 aliphatic carbocycles. The molecule has 8 heteroatoms. The van der Waals surface area contributed by atoms with Crippen molar-refractivity contribution in [2.45, 2.75) is 13.5 Å². The lowest BCUT2D eigenvalue weighted by atomic mass is 10.1. The van der Waals surface area contributed by atoms with Crippen LogP contribution in [0.15, 0.2) is 48.5 Å². The normalized spacial score (nSPS) is 11.2. The van der Waals surface area contributed by atoms with Gasteiger partial charge in [-0.05, 0) is 48.9 Å². The maximum atomic E-state index is 12.3. The Bertz CT molecular complexity index is 819. The Morgan fingerprint density at radius 2 is 1.73 bits per heavy atom. The molecule has 4 N–H and O–H groups in total. The zero-order chi connectivity index (χ0) is 19.0. The van der Waals surface area contributed by atoms with Crippen LogP contribution in [0.3, 0.4) is 0 Å². The first-order chi connectivity index (χ1) is 12.4. The summed E-state index contributed by atoms with van der Waals surface area (Å²) in [6.07, 6.45) is 0. The molecule has 0 atom stereocenters. The van der Waals surface area contributed by atoms with Gasteiger partial charge in [-0.2, -0.15) is 0 Å². The second-order valence-corrected chi connectivity index (χ2v) is 7.63. The van der Waals surface area contributed by atoms with E-state index in [1.54, 1.807) is 55.5 Å². The third-order valence-corrected chi connectivity index (χ3v) is 4.94. The SMILES string of the molecule is CCS(=O)(=O)NCc1ccc(C(=O)Nc2ccc(OCCN)cc2)cc1. The van der Waals surface area contributed by atoms with Crippen LogP contribution in [0.25, 0.3) is 0 Å². The zero-order valence-corrected chi connectivity index (χ0v) is 15.4. The van der Waals surface area contributed by atoms with Gasteiger partial charge in [-0.15, -0.1) is 0 Å². The van der Waals surface area contributed by atoms with E-state index in [1.165, 1.54) is 0 Å². The molecule has 0 unspecified atom stereocenters. The van der Waals surface area contributed by atoms with Crippen LogP contribution in [0.2, 0.25) is 0 Å². The maximum absolute atomic E-state index is 12.3. The van der Waals surface area contributed by atoms with Gasteiger partial charge < -0.3 is 15.8 Å². The fourth-order valence-electron chi connectivity index (χ4n) is 2.08. The topological polar surface area (TPSA) is 111 Å². The van der Waals surface area contributed by atoms with Gasteiger partial charge in [0.05, 0.1) is 5.75 Å².